The van der Waals surface area contributed by atoms with Gasteiger partial charge in [-0.25, -0.2) is 4.99 Å². The molecule has 4 heteroatoms. The molecule has 0 aromatic carbocycles. The van der Waals surface area contributed by atoms with Crippen LogP contribution in [0.2, 0.25) is 0 Å². The normalized spacial score (nSPS) is 29.9. The average molecular weight is 230 g/mol. The van der Waals surface area contributed by atoms with Crippen LogP contribution in [0.5, 0.6) is 0 Å². The average Bonchev–Trinajstić information content (AvgIpc) is 2.29. The van der Waals surface area contributed by atoms with Crippen LogP contribution in [-0.2, 0) is 0 Å². The van der Waals surface area contributed by atoms with Gasteiger partial charge in [0.05, 0.1) is 11.1 Å². The van der Waals surface area contributed by atoms with E-state index in [9.17, 15) is 10.1 Å². The van der Waals surface area contributed by atoms with Gasteiger partial charge in [0.15, 0.2) is 0 Å². The zero-order valence-corrected chi connectivity index (χ0v) is 9.88. The molecule has 0 spiro atoms. The van der Waals surface area contributed by atoms with Crippen LogP contribution in [-0.4, -0.2) is 11.1 Å². The molecule has 1 atom stereocenters. The lowest BCUT2D eigenvalue weighted by atomic mass is 9.94. The van der Waals surface area contributed by atoms with Crippen molar-refractivity contribution < 1.29 is 4.92 Å². The Morgan fingerprint density at radius 2 is 2.41 bits per heavy atom. The third-order valence-corrected chi connectivity index (χ3v) is 2.70. The summed E-state index contributed by atoms with van der Waals surface area (Å²) in [6.45, 7) is 3.86. The molecule has 0 amide bonds. The van der Waals surface area contributed by atoms with E-state index < -0.39 is 4.92 Å². The maximum atomic E-state index is 11.0. The molecule has 0 saturated heterocycles. The van der Waals surface area contributed by atoms with Gasteiger partial charge in [-0.05, 0) is 24.8 Å². The summed E-state index contributed by atoms with van der Waals surface area (Å²) in [5.74, 6) is 2.46. The van der Waals surface area contributed by atoms with Gasteiger partial charge in [-0.2, -0.15) is 0 Å². The second-order valence-corrected chi connectivity index (χ2v) is 3.83. The van der Waals surface area contributed by atoms with E-state index in [0.717, 1.165) is 12.0 Å². The topological polar surface area (TPSA) is 55.5 Å². The Labute approximate surface area is 101 Å². The number of hydrogen-bond donors (Lipinski definition) is 0. The lowest BCUT2D eigenvalue weighted by Gasteiger charge is -2.13. The summed E-state index contributed by atoms with van der Waals surface area (Å²) in [6.07, 6.45) is 12.2. The first-order chi connectivity index (χ1) is 8.07. The summed E-state index contributed by atoms with van der Waals surface area (Å²) < 4.78 is 0. The summed E-state index contributed by atoms with van der Waals surface area (Å²) >= 11 is 0. The van der Waals surface area contributed by atoms with Crippen LogP contribution in [0.15, 0.2) is 40.2 Å². The van der Waals surface area contributed by atoms with Crippen molar-refractivity contribution in [1.82, 2.24) is 0 Å². The van der Waals surface area contributed by atoms with Crippen molar-refractivity contribution in [3.05, 3.63) is 45.3 Å². The van der Waals surface area contributed by atoms with Crippen molar-refractivity contribution in [1.29, 1.82) is 0 Å². The van der Waals surface area contributed by atoms with Gasteiger partial charge in [0, 0.05) is 6.08 Å². The predicted octanol–water partition coefficient (Wildman–Crippen LogP) is 2.72. The summed E-state index contributed by atoms with van der Waals surface area (Å²) in [5.41, 5.74) is 1.23. The van der Waals surface area contributed by atoms with Gasteiger partial charge < -0.3 is 0 Å². The molecule has 1 aliphatic carbocycles. The molecule has 0 heterocycles. The molecule has 0 fully saturated rings. The van der Waals surface area contributed by atoms with Gasteiger partial charge in [0.25, 0.3) is 5.70 Å². The lowest BCUT2D eigenvalue weighted by Crippen LogP contribution is -2.08. The van der Waals surface area contributed by atoms with Crippen molar-refractivity contribution >= 4 is 6.21 Å². The molecule has 0 radical (unpaired) electrons. The fraction of sp³-hybridized carbons (Fsp3) is 0.308. The zero-order valence-electron chi connectivity index (χ0n) is 9.88. The number of terminal acetylenes is 1. The van der Waals surface area contributed by atoms with Gasteiger partial charge >= 0.3 is 0 Å². The molecule has 0 aliphatic heterocycles. The quantitative estimate of drug-likeness (QED) is 0.317. The van der Waals surface area contributed by atoms with Crippen LogP contribution >= 0.6 is 0 Å². The largest absolute Gasteiger partial charge is 0.294 e. The van der Waals surface area contributed by atoms with Crippen molar-refractivity contribution in [3.8, 4) is 12.3 Å². The number of nitrogens with zero attached hydrogens (tertiary/aromatic N) is 2. The van der Waals surface area contributed by atoms with E-state index in [2.05, 4.69) is 10.9 Å². The minimum atomic E-state index is -0.435. The smallest absolute Gasteiger partial charge is 0.258 e. The van der Waals surface area contributed by atoms with Crippen LogP contribution in [0.25, 0.3) is 0 Å². The Hall–Kier alpha value is -2.15. The minimum absolute atomic E-state index is 0.0169. The van der Waals surface area contributed by atoms with Crippen LogP contribution in [0.1, 0.15) is 20.3 Å². The molecule has 1 unspecified atom stereocenters. The standard InChI is InChI=1S/C13H14N2O2/c1-4-9-14-13-11(3)10(2)7-5-6-8-12(13)15(16)17/h1,5-6,8-10H,7H2,2-3H3/b6-5-,12-8-,13-11+,14-9?. The van der Waals surface area contributed by atoms with Crippen molar-refractivity contribution in [3.63, 3.8) is 0 Å². The molecule has 88 valence electrons. The molecular formula is C13H14N2O2. The highest BCUT2D eigenvalue weighted by Crippen LogP contribution is 2.26. The highest BCUT2D eigenvalue weighted by atomic mass is 16.6. The van der Waals surface area contributed by atoms with Gasteiger partial charge in [-0.15, -0.1) is 6.42 Å². The summed E-state index contributed by atoms with van der Waals surface area (Å²) in [5, 5.41) is 11.0. The molecule has 1 aliphatic rings. The molecule has 0 N–H and O–H groups in total. The van der Waals surface area contributed by atoms with Gasteiger partial charge in [-0.3, -0.25) is 10.1 Å². The highest BCUT2D eigenvalue weighted by molar-refractivity contribution is 5.78. The molecule has 0 saturated carbocycles. The molecule has 17 heavy (non-hydrogen) atoms. The van der Waals surface area contributed by atoms with Crippen LogP contribution in [0, 0.1) is 28.4 Å². The number of nitro groups is 1. The monoisotopic (exact) mass is 230 g/mol. The van der Waals surface area contributed by atoms with E-state index in [1.807, 2.05) is 19.9 Å². The summed E-state index contributed by atoms with van der Waals surface area (Å²) in [4.78, 5) is 14.6. The Balaban J connectivity index is 3.35. The van der Waals surface area contributed by atoms with E-state index in [1.54, 1.807) is 6.08 Å². The molecule has 4 nitrogen and oxygen atoms in total. The van der Waals surface area contributed by atoms with E-state index in [1.165, 1.54) is 12.3 Å². The summed E-state index contributed by atoms with van der Waals surface area (Å²) in [7, 11) is 0. The number of hydrogen-bond acceptors (Lipinski definition) is 3. The van der Waals surface area contributed by atoms with E-state index in [-0.39, 0.29) is 11.6 Å². The van der Waals surface area contributed by atoms with Gasteiger partial charge in [0.2, 0.25) is 0 Å². The van der Waals surface area contributed by atoms with E-state index >= 15 is 0 Å². The van der Waals surface area contributed by atoms with Crippen LogP contribution < -0.4 is 0 Å². The molecule has 0 aromatic rings. The first kappa shape index (κ1) is 12.9. The van der Waals surface area contributed by atoms with Crippen molar-refractivity contribution in [2.75, 3.05) is 0 Å². The van der Waals surface area contributed by atoms with E-state index in [4.69, 9.17) is 6.42 Å². The van der Waals surface area contributed by atoms with Gasteiger partial charge in [0.1, 0.15) is 5.70 Å². The third-order valence-electron chi connectivity index (χ3n) is 2.70. The second kappa shape index (κ2) is 5.80. The SMILES string of the molecule is C#CC=NC1=C(/C)C(C)C\C=C/C=C/1[N+](=O)[O-]. The van der Waals surface area contributed by atoms with Crippen LogP contribution in [0.3, 0.4) is 0 Å². The molecular weight excluding hydrogens is 216 g/mol. The Morgan fingerprint density at radius 3 is 3.00 bits per heavy atom. The fourth-order valence-electron chi connectivity index (χ4n) is 1.55. The Morgan fingerprint density at radius 1 is 1.71 bits per heavy atom. The first-order valence-electron chi connectivity index (χ1n) is 5.29. The van der Waals surface area contributed by atoms with E-state index in [0.29, 0.717) is 5.70 Å². The lowest BCUT2D eigenvalue weighted by molar-refractivity contribution is -0.421. The van der Waals surface area contributed by atoms with Crippen LogP contribution in [0.4, 0.5) is 0 Å². The fourth-order valence-corrected chi connectivity index (χ4v) is 1.55. The van der Waals surface area contributed by atoms with Crippen molar-refractivity contribution in [2.45, 2.75) is 20.3 Å². The highest BCUT2D eigenvalue weighted by Gasteiger charge is 2.22. The third kappa shape index (κ3) is 3.15. The van der Waals surface area contributed by atoms with Crippen molar-refractivity contribution in [2.24, 2.45) is 10.9 Å². The summed E-state index contributed by atoms with van der Waals surface area (Å²) in [6, 6.07) is 0. The molecule has 1 rings (SSSR count). The minimum Gasteiger partial charge on any atom is -0.258 e. The number of allylic oxidation sites excluding steroid dienone is 4. The first-order valence-corrected chi connectivity index (χ1v) is 5.29. The number of rotatable bonds is 2. The van der Waals surface area contributed by atoms with Gasteiger partial charge in [-0.1, -0.05) is 25.0 Å². The Kier molecular flexibility index (Phi) is 4.41. The second-order valence-electron chi connectivity index (χ2n) is 3.83. The Bertz CT molecular complexity index is 476. The number of aliphatic imine (C=N–C) groups is 1. The predicted molar refractivity (Wildman–Crippen MR) is 68.0 cm³/mol. The maximum Gasteiger partial charge on any atom is 0.294 e. The molecule has 0 aromatic heterocycles. The molecule has 0 bridgehead atoms. The maximum absolute atomic E-state index is 11.0. The zero-order chi connectivity index (χ0) is 12.8.